The first-order valence-corrected chi connectivity index (χ1v) is 6.38. The van der Waals surface area contributed by atoms with Crippen LogP contribution < -0.4 is 4.90 Å². The summed E-state index contributed by atoms with van der Waals surface area (Å²) >= 11 is 5.90. The van der Waals surface area contributed by atoms with Crippen molar-refractivity contribution in [3.63, 3.8) is 0 Å². The van der Waals surface area contributed by atoms with Gasteiger partial charge in [-0.2, -0.15) is 5.26 Å². The lowest BCUT2D eigenvalue weighted by molar-refractivity contribution is 0.873. The average Bonchev–Trinajstić information content (AvgIpc) is 2.45. The van der Waals surface area contributed by atoms with E-state index in [1.54, 1.807) is 24.5 Å². The molecule has 2 rings (SSSR count). The molecule has 0 aliphatic rings. The number of anilines is 1. The Bertz CT molecular complexity index is 590. The fourth-order valence-electron chi connectivity index (χ4n) is 1.90. The normalized spacial score (nSPS) is 9.95. The molecule has 0 unspecified atom stereocenters. The largest absolute Gasteiger partial charge is 0.373 e. The predicted molar refractivity (Wildman–Crippen MR) is 77.4 cm³/mol. The number of aromatic nitrogens is 1. The first-order chi connectivity index (χ1) is 9.20. The molecular weight excluding hydrogens is 258 g/mol. The van der Waals surface area contributed by atoms with Gasteiger partial charge < -0.3 is 4.90 Å². The number of nitrogens with zero attached hydrogens (tertiary/aromatic N) is 3. The van der Waals surface area contributed by atoms with Crippen LogP contribution in [0, 0.1) is 11.3 Å². The summed E-state index contributed by atoms with van der Waals surface area (Å²) in [4.78, 5) is 6.06. The maximum Gasteiger partial charge on any atom is 0.101 e. The Morgan fingerprint density at radius 1 is 1.26 bits per heavy atom. The number of benzene rings is 1. The van der Waals surface area contributed by atoms with Crippen LogP contribution in [0.1, 0.15) is 11.1 Å². The summed E-state index contributed by atoms with van der Waals surface area (Å²) in [6, 6.07) is 11.6. The van der Waals surface area contributed by atoms with Crippen molar-refractivity contribution in [1.29, 1.82) is 5.26 Å². The lowest BCUT2D eigenvalue weighted by Gasteiger charge is -2.20. The highest BCUT2D eigenvalue weighted by molar-refractivity contribution is 6.30. The molecule has 0 fully saturated rings. The number of rotatable bonds is 4. The minimum absolute atomic E-state index is 0.586. The third-order valence-corrected chi connectivity index (χ3v) is 3.21. The zero-order valence-electron chi connectivity index (χ0n) is 10.7. The standard InChI is InChI=1S/C15H14ClN3/c1-19(9-6-12-4-7-18-8-5-12)15-3-2-14(16)10-13(15)11-17/h2-5,7-8,10H,6,9H2,1H3. The zero-order chi connectivity index (χ0) is 13.7. The number of pyridine rings is 1. The predicted octanol–water partition coefficient (Wildman–Crippen LogP) is 3.29. The smallest absolute Gasteiger partial charge is 0.101 e. The van der Waals surface area contributed by atoms with Crippen molar-refractivity contribution < 1.29 is 0 Å². The quantitative estimate of drug-likeness (QED) is 0.857. The van der Waals surface area contributed by atoms with Crippen molar-refractivity contribution in [2.24, 2.45) is 0 Å². The van der Waals surface area contributed by atoms with Gasteiger partial charge in [0, 0.05) is 31.0 Å². The van der Waals surface area contributed by atoms with E-state index in [-0.39, 0.29) is 0 Å². The average molecular weight is 272 g/mol. The highest BCUT2D eigenvalue weighted by Gasteiger charge is 2.08. The first kappa shape index (κ1) is 13.4. The molecule has 96 valence electrons. The van der Waals surface area contributed by atoms with Gasteiger partial charge in [0.15, 0.2) is 0 Å². The molecule has 19 heavy (non-hydrogen) atoms. The van der Waals surface area contributed by atoms with Crippen molar-refractivity contribution in [2.45, 2.75) is 6.42 Å². The second-order valence-corrected chi connectivity index (χ2v) is 4.74. The third-order valence-electron chi connectivity index (χ3n) is 2.98. The number of nitriles is 1. The molecule has 1 aromatic carbocycles. The van der Waals surface area contributed by atoms with E-state index in [2.05, 4.69) is 16.0 Å². The van der Waals surface area contributed by atoms with Crippen molar-refractivity contribution in [3.05, 3.63) is 58.9 Å². The summed E-state index contributed by atoms with van der Waals surface area (Å²) in [5.41, 5.74) is 2.74. The van der Waals surface area contributed by atoms with E-state index in [0.717, 1.165) is 18.7 Å². The van der Waals surface area contributed by atoms with Crippen LogP contribution in [-0.4, -0.2) is 18.6 Å². The highest BCUT2D eigenvalue weighted by Crippen LogP contribution is 2.23. The molecule has 0 N–H and O–H groups in total. The number of hydrogen-bond donors (Lipinski definition) is 0. The van der Waals surface area contributed by atoms with Gasteiger partial charge in [0.05, 0.1) is 11.3 Å². The third kappa shape index (κ3) is 3.46. The van der Waals surface area contributed by atoms with E-state index in [1.165, 1.54) is 5.56 Å². The van der Waals surface area contributed by atoms with Crippen LogP contribution in [0.4, 0.5) is 5.69 Å². The van der Waals surface area contributed by atoms with Crippen molar-refractivity contribution in [3.8, 4) is 6.07 Å². The van der Waals surface area contributed by atoms with Crippen LogP contribution in [0.3, 0.4) is 0 Å². The molecule has 1 heterocycles. The molecule has 0 aliphatic carbocycles. The van der Waals surface area contributed by atoms with Crippen LogP contribution in [-0.2, 0) is 6.42 Å². The molecule has 1 aromatic heterocycles. The molecule has 0 amide bonds. The molecule has 0 saturated heterocycles. The Morgan fingerprint density at radius 3 is 2.68 bits per heavy atom. The maximum absolute atomic E-state index is 9.13. The van der Waals surface area contributed by atoms with Gasteiger partial charge in [-0.1, -0.05) is 11.6 Å². The fraction of sp³-hybridized carbons (Fsp3) is 0.200. The summed E-state index contributed by atoms with van der Waals surface area (Å²) in [5.74, 6) is 0. The van der Waals surface area contributed by atoms with Gasteiger partial charge in [-0.05, 0) is 42.3 Å². The van der Waals surface area contributed by atoms with E-state index >= 15 is 0 Å². The summed E-state index contributed by atoms with van der Waals surface area (Å²) in [6.45, 7) is 0.834. The summed E-state index contributed by atoms with van der Waals surface area (Å²) in [7, 11) is 1.98. The van der Waals surface area contributed by atoms with E-state index in [0.29, 0.717) is 10.6 Å². The zero-order valence-corrected chi connectivity index (χ0v) is 11.4. The lowest BCUT2D eigenvalue weighted by Crippen LogP contribution is -2.21. The Balaban J connectivity index is 2.08. The molecule has 0 spiro atoms. The van der Waals surface area contributed by atoms with Crippen LogP contribution in [0.25, 0.3) is 0 Å². The second kappa shape index (κ2) is 6.21. The van der Waals surface area contributed by atoms with E-state index < -0.39 is 0 Å². The lowest BCUT2D eigenvalue weighted by atomic mass is 10.1. The van der Waals surface area contributed by atoms with Gasteiger partial charge in [0.1, 0.15) is 6.07 Å². The van der Waals surface area contributed by atoms with Gasteiger partial charge in [0.25, 0.3) is 0 Å². The first-order valence-electron chi connectivity index (χ1n) is 6.00. The van der Waals surface area contributed by atoms with Gasteiger partial charge in [-0.15, -0.1) is 0 Å². The van der Waals surface area contributed by atoms with Gasteiger partial charge in [-0.3, -0.25) is 4.98 Å². The van der Waals surface area contributed by atoms with Crippen LogP contribution >= 0.6 is 11.6 Å². The minimum Gasteiger partial charge on any atom is -0.373 e. The molecule has 4 heteroatoms. The number of likely N-dealkylation sites (N-methyl/N-ethyl adjacent to an activating group) is 1. The van der Waals surface area contributed by atoms with E-state index in [9.17, 15) is 0 Å². The molecule has 3 nitrogen and oxygen atoms in total. The van der Waals surface area contributed by atoms with Crippen molar-refractivity contribution >= 4 is 17.3 Å². The molecular formula is C15H14ClN3. The van der Waals surface area contributed by atoms with Crippen molar-refractivity contribution in [1.82, 2.24) is 4.98 Å². The minimum atomic E-state index is 0.586. The number of halogens is 1. The van der Waals surface area contributed by atoms with Crippen LogP contribution in [0.15, 0.2) is 42.7 Å². The summed E-state index contributed by atoms with van der Waals surface area (Å²) in [6.07, 6.45) is 4.49. The SMILES string of the molecule is CN(CCc1ccncc1)c1ccc(Cl)cc1C#N. The van der Waals surface area contributed by atoms with Gasteiger partial charge in [0.2, 0.25) is 0 Å². The van der Waals surface area contributed by atoms with Crippen LogP contribution in [0.2, 0.25) is 5.02 Å². The molecule has 0 radical (unpaired) electrons. The highest BCUT2D eigenvalue weighted by atomic mass is 35.5. The monoisotopic (exact) mass is 271 g/mol. The Kier molecular flexibility index (Phi) is 4.38. The van der Waals surface area contributed by atoms with Crippen molar-refractivity contribution in [2.75, 3.05) is 18.5 Å². The topological polar surface area (TPSA) is 39.9 Å². The van der Waals surface area contributed by atoms with E-state index in [1.807, 2.05) is 25.2 Å². The molecule has 0 atom stereocenters. The maximum atomic E-state index is 9.13. The molecule has 0 bridgehead atoms. The summed E-state index contributed by atoms with van der Waals surface area (Å²) < 4.78 is 0. The Labute approximate surface area is 118 Å². The molecule has 0 aliphatic heterocycles. The fourth-order valence-corrected chi connectivity index (χ4v) is 2.07. The second-order valence-electron chi connectivity index (χ2n) is 4.30. The summed E-state index contributed by atoms with van der Waals surface area (Å²) in [5, 5.41) is 9.72. The Hall–Kier alpha value is -2.05. The molecule has 2 aromatic rings. The Morgan fingerprint density at radius 2 is 2.00 bits per heavy atom. The molecule has 0 saturated carbocycles. The van der Waals surface area contributed by atoms with Gasteiger partial charge >= 0.3 is 0 Å². The van der Waals surface area contributed by atoms with Crippen LogP contribution in [0.5, 0.6) is 0 Å². The van der Waals surface area contributed by atoms with E-state index in [4.69, 9.17) is 16.9 Å². The number of hydrogen-bond acceptors (Lipinski definition) is 3. The van der Waals surface area contributed by atoms with Gasteiger partial charge in [-0.25, -0.2) is 0 Å².